The Balaban J connectivity index is 2.26. The highest BCUT2D eigenvalue weighted by Gasteiger charge is 2.12. The van der Waals surface area contributed by atoms with E-state index in [1.807, 2.05) is 0 Å². The van der Waals surface area contributed by atoms with E-state index in [1.54, 1.807) is 0 Å². The van der Waals surface area contributed by atoms with Crippen LogP contribution in [-0.4, -0.2) is 19.5 Å². The van der Waals surface area contributed by atoms with E-state index in [1.165, 1.54) is 11.1 Å². The second kappa shape index (κ2) is 5.99. The third-order valence-electron chi connectivity index (χ3n) is 2.16. The number of rotatable bonds is 4. The highest BCUT2D eigenvalue weighted by atomic mass is 16.7. The van der Waals surface area contributed by atoms with Gasteiger partial charge in [0.25, 0.3) is 0 Å². The van der Waals surface area contributed by atoms with Crippen molar-refractivity contribution in [1.29, 1.82) is 0 Å². The van der Waals surface area contributed by atoms with Gasteiger partial charge in [0.2, 0.25) is 0 Å². The fourth-order valence-corrected chi connectivity index (χ4v) is 1.38. The molecule has 1 saturated heterocycles. The van der Waals surface area contributed by atoms with E-state index in [0.29, 0.717) is 0 Å². The molecule has 14 heavy (non-hydrogen) atoms. The normalized spacial score (nSPS) is 18.6. The molecular weight excluding hydrogens is 176 g/mol. The van der Waals surface area contributed by atoms with Gasteiger partial charge in [-0.05, 0) is 39.7 Å². The number of hydrogen-bond donors (Lipinski definition) is 0. The first-order valence-corrected chi connectivity index (χ1v) is 5.22. The van der Waals surface area contributed by atoms with Gasteiger partial charge < -0.3 is 9.47 Å². The van der Waals surface area contributed by atoms with Crippen molar-refractivity contribution in [3.05, 3.63) is 23.3 Å². The Labute approximate surface area is 86.6 Å². The summed E-state index contributed by atoms with van der Waals surface area (Å²) in [5, 5.41) is 0. The van der Waals surface area contributed by atoms with Gasteiger partial charge in [-0.2, -0.15) is 0 Å². The van der Waals surface area contributed by atoms with Gasteiger partial charge in [0.1, 0.15) is 0 Å². The van der Waals surface area contributed by atoms with Gasteiger partial charge in [0.05, 0.1) is 13.2 Å². The van der Waals surface area contributed by atoms with Gasteiger partial charge in [-0.25, -0.2) is 0 Å². The van der Waals surface area contributed by atoms with Crippen LogP contribution in [0.4, 0.5) is 0 Å². The molecule has 1 heterocycles. The lowest BCUT2D eigenvalue weighted by molar-refractivity contribution is -0.00223. The minimum Gasteiger partial charge on any atom is -0.347 e. The van der Waals surface area contributed by atoms with Gasteiger partial charge in [-0.3, -0.25) is 0 Å². The molecule has 1 aliphatic rings. The summed E-state index contributed by atoms with van der Waals surface area (Å²) in [6.07, 6.45) is 6.44. The monoisotopic (exact) mass is 196 g/mol. The standard InChI is InChI=1S/C12H20O2/c1-10(2)5-4-6-11(3)9-12-13-7-8-14-12/h5,9,12H,4,6-8H2,1-3H3/b11-9+. The second-order valence-electron chi connectivity index (χ2n) is 3.94. The molecule has 0 aliphatic carbocycles. The zero-order valence-electron chi connectivity index (χ0n) is 9.38. The summed E-state index contributed by atoms with van der Waals surface area (Å²) in [6.45, 7) is 7.83. The van der Waals surface area contributed by atoms with Crippen LogP contribution in [0.25, 0.3) is 0 Å². The van der Waals surface area contributed by atoms with Crippen molar-refractivity contribution in [2.45, 2.75) is 39.9 Å². The smallest absolute Gasteiger partial charge is 0.177 e. The molecule has 2 heteroatoms. The molecule has 0 saturated carbocycles. The summed E-state index contributed by atoms with van der Waals surface area (Å²) < 4.78 is 10.7. The lowest BCUT2D eigenvalue weighted by Crippen LogP contribution is -2.03. The lowest BCUT2D eigenvalue weighted by atomic mass is 10.1. The summed E-state index contributed by atoms with van der Waals surface area (Å²) in [6, 6.07) is 0. The van der Waals surface area contributed by atoms with Gasteiger partial charge in [-0.15, -0.1) is 0 Å². The molecule has 1 aliphatic heterocycles. The minimum atomic E-state index is -0.0956. The van der Waals surface area contributed by atoms with E-state index < -0.39 is 0 Å². The first-order chi connectivity index (χ1) is 6.68. The summed E-state index contributed by atoms with van der Waals surface area (Å²) >= 11 is 0. The molecular formula is C12H20O2. The topological polar surface area (TPSA) is 18.5 Å². The first-order valence-electron chi connectivity index (χ1n) is 5.22. The molecule has 80 valence electrons. The predicted octanol–water partition coefficient (Wildman–Crippen LogP) is 3.05. The zero-order chi connectivity index (χ0) is 10.4. The van der Waals surface area contributed by atoms with E-state index in [2.05, 4.69) is 32.9 Å². The van der Waals surface area contributed by atoms with E-state index in [-0.39, 0.29) is 6.29 Å². The summed E-state index contributed by atoms with van der Waals surface area (Å²) in [5.74, 6) is 0. The van der Waals surface area contributed by atoms with Crippen molar-refractivity contribution in [1.82, 2.24) is 0 Å². The van der Waals surface area contributed by atoms with E-state index in [4.69, 9.17) is 9.47 Å². The average Bonchev–Trinajstić information content (AvgIpc) is 2.56. The van der Waals surface area contributed by atoms with Crippen LogP contribution in [0.3, 0.4) is 0 Å². The molecule has 0 amide bonds. The molecule has 2 nitrogen and oxygen atoms in total. The maximum Gasteiger partial charge on any atom is 0.177 e. The first kappa shape index (κ1) is 11.5. The number of hydrogen-bond acceptors (Lipinski definition) is 2. The molecule has 1 fully saturated rings. The average molecular weight is 196 g/mol. The quantitative estimate of drug-likeness (QED) is 0.643. The third-order valence-corrected chi connectivity index (χ3v) is 2.16. The molecule has 1 rings (SSSR count). The Morgan fingerprint density at radius 2 is 1.86 bits per heavy atom. The molecule has 0 unspecified atom stereocenters. The predicted molar refractivity (Wildman–Crippen MR) is 58.1 cm³/mol. The van der Waals surface area contributed by atoms with Crippen LogP contribution in [0.5, 0.6) is 0 Å². The van der Waals surface area contributed by atoms with Crippen molar-refractivity contribution in [2.24, 2.45) is 0 Å². The second-order valence-corrected chi connectivity index (χ2v) is 3.94. The third kappa shape index (κ3) is 4.58. The Morgan fingerprint density at radius 3 is 2.43 bits per heavy atom. The van der Waals surface area contributed by atoms with Crippen LogP contribution >= 0.6 is 0 Å². The lowest BCUT2D eigenvalue weighted by Gasteiger charge is -2.05. The van der Waals surface area contributed by atoms with Crippen molar-refractivity contribution < 1.29 is 9.47 Å². The van der Waals surface area contributed by atoms with Gasteiger partial charge in [0, 0.05) is 0 Å². The SMILES string of the molecule is CC(C)=CCC/C(C)=C/C1OCCO1. The van der Waals surface area contributed by atoms with Crippen LogP contribution in [0.15, 0.2) is 23.3 Å². The van der Waals surface area contributed by atoms with Crippen LogP contribution in [0.2, 0.25) is 0 Å². The largest absolute Gasteiger partial charge is 0.347 e. The Hall–Kier alpha value is -0.600. The van der Waals surface area contributed by atoms with Crippen molar-refractivity contribution in [3.8, 4) is 0 Å². The van der Waals surface area contributed by atoms with Crippen molar-refractivity contribution in [2.75, 3.05) is 13.2 Å². The van der Waals surface area contributed by atoms with Crippen molar-refractivity contribution in [3.63, 3.8) is 0 Å². The van der Waals surface area contributed by atoms with E-state index >= 15 is 0 Å². The maximum absolute atomic E-state index is 5.34. The molecule has 0 atom stereocenters. The maximum atomic E-state index is 5.34. The summed E-state index contributed by atoms with van der Waals surface area (Å²) in [4.78, 5) is 0. The van der Waals surface area contributed by atoms with Crippen LogP contribution in [0, 0.1) is 0 Å². The van der Waals surface area contributed by atoms with E-state index in [9.17, 15) is 0 Å². The van der Waals surface area contributed by atoms with E-state index in [0.717, 1.165) is 26.1 Å². The Bertz CT molecular complexity index is 218. The fraction of sp³-hybridized carbons (Fsp3) is 0.667. The van der Waals surface area contributed by atoms with Gasteiger partial charge in [0.15, 0.2) is 6.29 Å². The van der Waals surface area contributed by atoms with Crippen LogP contribution in [-0.2, 0) is 9.47 Å². The highest BCUT2D eigenvalue weighted by molar-refractivity contribution is 5.03. The van der Waals surface area contributed by atoms with Crippen molar-refractivity contribution >= 4 is 0 Å². The Morgan fingerprint density at radius 1 is 1.21 bits per heavy atom. The minimum absolute atomic E-state index is 0.0956. The molecule has 0 aromatic carbocycles. The molecule has 0 aromatic heterocycles. The number of ether oxygens (including phenoxy) is 2. The van der Waals surface area contributed by atoms with Gasteiger partial charge >= 0.3 is 0 Å². The zero-order valence-corrected chi connectivity index (χ0v) is 9.38. The molecule has 0 radical (unpaired) electrons. The fourth-order valence-electron chi connectivity index (χ4n) is 1.38. The van der Waals surface area contributed by atoms with Crippen LogP contribution < -0.4 is 0 Å². The summed E-state index contributed by atoms with van der Waals surface area (Å²) in [7, 11) is 0. The highest BCUT2D eigenvalue weighted by Crippen LogP contribution is 2.12. The number of allylic oxidation sites excluding steroid dienone is 3. The molecule has 0 N–H and O–H groups in total. The van der Waals surface area contributed by atoms with Crippen LogP contribution in [0.1, 0.15) is 33.6 Å². The summed E-state index contributed by atoms with van der Waals surface area (Å²) in [5.41, 5.74) is 2.72. The van der Waals surface area contributed by atoms with Gasteiger partial charge in [-0.1, -0.05) is 17.2 Å². The molecule has 0 spiro atoms. The molecule has 0 bridgehead atoms. The molecule has 0 aromatic rings. The Kier molecular flexibility index (Phi) is 4.91.